The lowest BCUT2D eigenvalue weighted by molar-refractivity contribution is 0.0807. The molecule has 148 valence electrons. The lowest BCUT2D eigenvalue weighted by atomic mass is 9.83. The van der Waals surface area contributed by atoms with Crippen molar-refractivity contribution in [3.05, 3.63) is 106 Å². The van der Waals surface area contributed by atoms with Crippen LogP contribution in [-0.2, 0) is 0 Å². The van der Waals surface area contributed by atoms with Crippen LogP contribution in [0.2, 0.25) is 0 Å². The van der Waals surface area contributed by atoms with Gasteiger partial charge in [0.15, 0.2) is 6.10 Å². The Morgan fingerprint density at radius 3 is 2.43 bits per heavy atom. The molecule has 0 aliphatic carbocycles. The van der Waals surface area contributed by atoms with Crippen molar-refractivity contribution in [2.24, 2.45) is 0 Å². The second-order valence-corrected chi connectivity index (χ2v) is 8.28. The number of ketones is 1. The van der Waals surface area contributed by atoms with Gasteiger partial charge in [-0.25, -0.2) is 0 Å². The minimum atomic E-state index is -0.620. The predicted octanol–water partition coefficient (Wildman–Crippen LogP) is 6.39. The molecule has 0 saturated carbocycles. The third-order valence-electron chi connectivity index (χ3n) is 5.64. The number of carbonyl (C=O) groups excluding carboxylic acids is 1. The van der Waals surface area contributed by atoms with Crippen molar-refractivity contribution in [3.63, 3.8) is 0 Å². The van der Waals surface area contributed by atoms with Crippen molar-refractivity contribution in [2.45, 2.75) is 12.0 Å². The SMILES string of the molecule is COc1ccc([C@@H]2c3c(ccc4cc(Br)ccc34)O[C@H]2C(=O)c2ccccc2)cc1. The highest BCUT2D eigenvalue weighted by Gasteiger charge is 2.41. The molecule has 0 N–H and O–H groups in total. The summed E-state index contributed by atoms with van der Waals surface area (Å²) in [4.78, 5) is 13.5. The van der Waals surface area contributed by atoms with Gasteiger partial charge in [0.1, 0.15) is 11.5 Å². The quantitative estimate of drug-likeness (QED) is 0.332. The zero-order valence-corrected chi connectivity index (χ0v) is 17.9. The van der Waals surface area contributed by atoms with Gasteiger partial charge in [0, 0.05) is 15.6 Å². The lowest BCUT2D eigenvalue weighted by Gasteiger charge is -2.19. The number of hydrogen-bond donors (Lipinski definition) is 0. The average Bonchev–Trinajstić information content (AvgIpc) is 3.19. The summed E-state index contributed by atoms with van der Waals surface area (Å²) in [5.74, 6) is 1.33. The smallest absolute Gasteiger partial charge is 0.204 e. The van der Waals surface area contributed by atoms with Crippen LogP contribution < -0.4 is 9.47 Å². The summed E-state index contributed by atoms with van der Waals surface area (Å²) >= 11 is 3.56. The van der Waals surface area contributed by atoms with E-state index >= 15 is 0 Å². The Bertz CT molecular complexity index is 1230. The molecule has 4 aromatic rings. The molecule has 0 unspecified atom stereocenters. The van der Waals surface area contributed by atoms with Gasteiger partial charge in [0.25, 0.3) is 0 Å². The van der Waals surface area contributed by atoms with Crippen molar-refractivity contribution < 1.29 is 14.3 Å². The van der Waals surface area contributed by atoms with E-state index in [1.54, 1.807) is 7.11 Å². The Kier molecular flexibility index (Phi) is 4.80. The fourth-order valence-corrected chi connectivity index (χ4v) is 4.59. The standard InChI is InChI=1S/C26H19BrO3/c1-29-20-11-7-16(8-12-20)23-24-21-13-10-19(27)15-18(21)9-14-22(24)30-26(23)25(28)17-5-3-2-4-6-17/h2-15,23,26H,1H3/t23-,26-/m1/s1. The van der Waals surface area contributed by atoms with Crippen molar-refractivity contribution in [1.82, 2.24) is 0 Å². The van der Waals surface area contributed by atoms with Gasteiger partial charge >= 0.3 is 0 Å². The highest BCUT2D eigenvalue weighted by molar-refractivity contribution is 9.10. The van der Waals surface area contributed by atoms with E-state index < -0.39 is 6.10 Å². The summed E-state index contributed by atoms with van der Waals surface area (Å²) < 4.78 is 12.6. The first kappa shape index (κ1) is 18.9. The molecule has 0 radical (unpaired) electrons. The topological polar surface area (TPSA) is 35.5 Å². The maximum atomic E-state index is 13.5. The first-order chi connectivity index (χ1) is 14.7. The number of benzene rings is 4. The summed E-state index contributed by atoms with van der Waals surface area (Å²) in [5, 5.41) is 2.21. The molecule has 0 spiro atoms. The normalized spacial score (nSPS) is 17.4. The molecule has 0 bridgehead atoms. The highest BCUT2D eigenvalue weighted by atomic mass is 79.9. The Balaban J connectivity index is 1.69. The number of carbonyl (C=O) groups is 1. The second-order valence-electron chi connectivity index (χ2n) is 7.36. The van der Waals surface area contributed by atoms with Gasteiger partial charge < -0.3 is 9.47 Å². The fourth-order valence-electron chi connectivity index (χ4n) is 4.21. The Labute approximate surface area is 183 Å². The van der Waals surface area contributed by atoms with Crippen LogP contribution in [0.4, 0.5) is 0 Å². The van der Waals surface area contributed by atoms with Crippen molar-refractivity contribution in [1.29, 1.82) is 0 Å². The van der Waals surface area contributed by atoms with Crippen LogP contribution in [-0.4, -0.2) is 19.0 Å². The van der Waals surface area contributed by atoms with E-state index in [1.165, 1.54) is 0 Å². The number of Topliss-reactive ketones (excluding diaryl/α,β-unsaturated/α-hetero) is 1. The third kappa shape index (κ3) is 3.17. The molecule has 1 aliphatic rings. The van der Waals surface area contributed by atoms with Crippen molar-refractivity contribution in [2.75, 3.05) is 7.11 Å². The number of ether oxygens (including phenoxy) is 2. The molecule has 4 heteroatoms. The molecule has 4 aromatic carbocycles. The van der Waals surface area contributed by atoms with Gasteiger partial charge in [0.05, 0.1) is 13.0 Å². The summed E-state index contributed by atoms with van der Waals surface area (Å²) in [6.45, 7) is 0. The predicted molar refractivity (Wildman–Crippen MR) is 122 cm³/mol. The van der Waals surface area contributed by atoms with Gasteiger partial charge in [-0.3, -0.25) is 4.79 Å². The molecule has 0 fully saturated rings. The molecular formula is C26H19BrO3. The summed E-state index contributed by atoms with van der Waals surface area (Å²) in [6.07, 6.45) is -0.620. The molecule has 1 aliphatic heterocycles. The van der Waals surface area contributed by atoms with Gasteiger partial charge in [0.2, 0.25) is 5.78 Å². The van der Waals surface area contributed by atoms with E-state index in [9.17, 15) is 4.79 Å². The first-order valence-corrected chi connectivity index (χ1v) is 10.6. The average molecular weight is 459 g/mol. The molecule has 0 aromatic heterocycles. The highest BCUT2D eigenvalue weighted by Crippen LogP contribution is 2.47. The molecule has 3 nitrogen and oxygen atoms in total. The van der Waals surface area contributed by atoms with Gasteiger partial charge in [-0.1, -0.05) is 70.5 Å². The van der Waals surface area contributed by atoms with Crippen LogP contribution >= 0.6 is 15.9 Å². The van der Waals surface area contributed by atoms with E-state index in [1.807, 2.05) is 72.8 Å². The van der Waals surface area contributed by atoms with Crippen LogP contribution in [0.25, 0.3) is 10.8 Å². The van der Waals surface area contributed by atoms with E-state index in [4.69, 9.17) is 9.47 Å². The van der Waals surface area contributed by atoms with Gasteiger partial charge in [-0.15, -0.1) is 0 Å². The second kappa shape index (κ2) is 7.62. The molecule has 30 heavy (non-hydrogen) atoms. The summed E-state index contributed by atoms with van der Waals surface area (Å²) in [5.41, 5.74) is 2.74. The van der Waals surface area contributed by atoms with Gasteiger partial charge in [-0.2, -0.15) is 0 Å². The van der Waals surface area contributed by atoms with Crippen LogP contribution in [0.15, 0.2) is 89.4 Å². The Morgan fingerprint density at radius 2 is 1.70 bits per heavy atom. The molecule has 5 rings (SSSR count). The Morgan fingerprint density at radius 1 is 0.933 bits per heavy atom. The number of halogens is 1. The molecular weight excluding hydrogens is 440 g/mol. The van der Waals surface area contributed by atoms with Gasteiger partial charge in [-0.05, 0) is 46.7 Å². The summed E-state index contributed by atoms with van der Waals surface area (Å²) in [7, 11) is 1.65. The minimum Gasteiger partial charge on any atom is -0.497 e. The van der Waals surface area contributed by atoms with Crippen LogP contribution in [0, 0.1) is 0 Å². The number of hydrogen-bond acceptors (Lipinski definition) is 3. The number of fused-ring (bicyclic) bond motifs is 3. The van der Waals surface area contributed by atoms with E-state index in [2.05, 4.69) is 28.1 Å². The number of rotatable bonds is 4. The largest absolute Gasteiger partial charge is 0.497 e. The van der Waals surface area contributed by atoms with Crippen LogP contribution in [0.3, 0.4) is 0 Å². The van der Waals surface area contributed by atoms with E-state index in [0.717, 1.165) is 37.9 Å². The molecule has 2 atom stereocenters. The van der Waals surface area contributed by atoms with Crippen molar-refractivity contribution >= 4 is 32.5 Å². The van der Waals surface area contributed by atoms with E-state index in [0.29, 0.717) is 5.56 Å². The first-order valence-electron chi connectivity index (χ1n) is 9.78. The summed E-state index contributed by atoms with van der Waals surface area (Å²) in [6, 6.07) is 27.5. The van der Waals surface area contributed by atoms with Crippen molar-refractivity contribution in [3.8, 4) is 11.5 Å². The zero-order chi connectivity index (χ0) is 20.7. The fraction of sp³-hybridized carbons (Fsp3) is 0.115. The maximum absolute atomic E-state index is 13.5. The molecule has 1 heterocycles. The third-order valence-corrected chi connectivity index (χ3v) is 6.14. The van der Waals surface area contributed by atoms with Crippen LogP contribution in [0.1, 0.15) is 27.4 Å². The monoisotopic (exact) mass is 458 g/mol. The maximum Gasteiger partial charge on any atom is 0.204 e. The molecule has 0 saturated heterocycles. The zero-order valence-electron chi connectivity index (χ0n) is 16.3. The Hall–Kier alpha value is -3.11. The van der Waals surface area contributed by atoms with E-state index in [-0.39, 0.29) is 11.7 Å². The lowest BCUT2D eigenvalue weighted by Crippen LogP contribution is -2.30. The van der Waals surface area contributed by atoms with Crippen LogP contribution in [0.5, 0.6) is 11.5 Å². The minimum absolute atomic E-state index is 0.0159. The molecule has 0 amide bonds. The number of methoxy groups -OCH3 is 1.